The van der Waals surface area contributed by atoms with Crippen molar-refractivity contribution >= 4 is 18.0 Å². The molecule has 9 heteroatoms. The number of carbonyl (C=O) groups is 3. The molecule has 2 aliphatic carbocycles. The first kappa shape index (κ1) is 24.7. The number of amides is 2. The van der Waals surface area contributed by atoms with Gasteiger partial charge in [-0.05, 0) is 29.2 Å². The fraction of sp³-hybridized carbons (Fsp3) is 0.423. The van der Waals surface area contributed by atoms with E-state index in [1.54, 1.807) is 13.8 Å². The maximum Gasteiger partial charge on any atom is 0.408 e. The van der Waals surface area contributed by atoms with Gasteiger partial charge in [-0.2, -0.15) is 0 Å². The van der Waals surface area contributed by atoms with Crippen LogP contribution in [0.1, 0.15) is 44.2 Å². The molecule has 0 heterocycles. The first-order valence-electron chi connectivity index (χ1n) is 11.6. The van der Waals surface area contributed by atoms with E-state index in [1.165, 1.54) is 0 Å². The smallest absolute Gasteiger partial charge is 0.408 e. The highest BCUT2D eigenvalue weighted by Gasteiger charge is 2.66. The maximum absolute atomic E-state index is 13.1. The molecule has 0 saturated heterocycles. The second kappa shape index (κ2) is 9.67. The highest BCUT2D eigenvalue weighted by Crippen LogP contribution is 2.52. The van der Waals surface area contributed by atoms with Gasteiger partial charge >= 0.3 is 12.1 Å². The molecule has 4 rings (SSSR count). The molecule has 1 fully saturated rings. The number of fused-ring (bicyclic) bond motifs is 3. The Kier molecular flexibility index (Phi) is 6.82. The molecule has 9 nitrogen and oxygen atoms in total. The molecule has 2 aliphatic rings. The summed E-state index contributed by atoms with van der Waals surface area (Å²) in [5, 5.41) is 11.5. The van der Waals surface area contributed by atoms with Crippen LogP contribution in [0.5, 0.6) is 0 Å². The van der Waals surface area contributed by atoms with Gasteiger partial charge in [-0.1, -0.05) is 62.4 Å². The summed E-state index contributed by atoms with van der Waals surface area (Å²) in [5.41, 5.74) is 4.35. The summed E-state index contributed by atoms with van der Waals surface area (Å²) in [6, 6.07) is 16.0. The molecule has 186 valence electrons. The quantitative estimate of drug-likeness (QED) is 0.469. The normalized spacial score (nSPS) is 21.9. The van der Waals surface area contributed by atoms with Crippen LogP contribution in [0, 0.1) is 5.41 Å². The van der Waals surface area contributed by atoms with E-state index in [-0.39, 0.29) is 25.0 Å². The minimum atomic E-state index is -1.39. The van der Waals surface area contributed by atoms with Crippen molar-refractivity contribution in [3.05, 3.63) is 59.7 Å². The van der Waals surface area contributed by atoms with Crippen LogP contribution in [0.2, 0.25) is 0 Å². The topological polar surface area (TPSA) is 123 Å². The summed E-state index contributed by atoms with van der Waals surface area (Å²) in [4.78, 5) is 41.6. The van der Waals surface area contributed by atoms with Gasteiger partial charge in [-0.25, -0.2) is 15.1 Å². The van der Waals surface area contributed by atoms with Gasteiger partial charge in [0.2, 0.25) is 0 Å². The maximum atomic E-state index is 13.1. The van der Waals surface area contributed by atoms with Crippen LogP contribution in [0.25, 0.3) is 11.1 Å². The molecule has 2 atom stereocenters. The first-order chi connectivity index (χ1) is 16.7. The van der Waals surface area contributed by atoms with Gasteiger partial charge in [0.1, 0.15) is 12.1 Å². The number of carboxylic acid groups (broad SMARTS) is 1. The summed E-state index contributed by atoms with van der Waals surface area (Å²) < 4.78 is 11.4. The zero-order chi connectivity index (χ0) is 25.2. The minimum absolute atomic E-state index is 0.0996. The zero-order valence-corrected chi connectivity index (χ0v) is 20.0. The summed E-state index contributed by atoms with van der Waals surface area (Å²) >= 11 is 0. The van der Waals surface area contributed by atoms with Gasteiger partial charge in [-0.3, -0.25) is 9.63 Å². The first-order valence-corrected chi connectivity index (χ1v) is 11.6. The van der Waals surface area contributed by atoms with Crippen LogP contribution < -0.4 is 10.8 Å². The highest BCUT2D eigenvalue weighted by molar-refractivity contribution is 5.92. The summed E-state index contributed by atoms with van der Waals surface area (Å²) in [5.74, 6) is -2.01. The lowest BCUT2D eigenvalue weighted by molar-refractivity contribution is -0.187. The number of hydrogen-bond acceptors (Lipinski definition) is 6. The standard InChI is InChI=1S/C26H30N2O7/c1-4-33-21-13-26(25(21,2)3,23(31)28-35-15-22(29)30)27-24(32)34-14-20-18-11-7-5-9-16(18)17-10-6-8-12-19(17)20/h5-12,20-21H,4,13-15H2,1-3H3,(H,27,32)(H,28,31)(H,29,30). The third kappa shape index (κ3) is 4.37. The number of aliphatic carboxylic acids is 1. The number of carboxylic acids is 1. The predicted molar refractivity (Wildman–Crippen MR) is 126 cm³/mol. The number of nitrogens with one attached hydrogen (secondary N) is 2. The van der Waals surface area contributed by atoms with Gasteiger partial charge < -0.3 is 19.9 Å². The fourth-order valence-corrected chi connectivity index (χ4v) is 5.12. The van der Waals surface area contributed by atoms with Crippen molar-refractivity contribution in [3.8, 4) is 11.1 Å². The molecular formula is C26H30N2O7. The molecular weight excluding hydrogens is 452 g/mol. The van der Waals surface area contributed by atoms with Crippen molar-refractivity contribution in [2.75, 3.05) is 19.8 Å². The Morgan fingerprint density at radius 1 is 1.03 bits per heavy atom. The Morgan fingerprint density at radius 3 is 2.17 bits per heavy atom. The van der Waals surface area contributed by atoms with E-state index in [0.717, 1.165) is 22.3 Å². The molecule has 0 aliphatic heterocycles. The molecule has 0 aromatic heterocycles. The Hall–Kier alpha value is -3.43. The van der Waals surface area contributed by atoms with Crippen LogP contribution >= 0.6 is 0 Å². The number of hydroxylamine groups is 1. The SMILES string of the molecule is CCOC1CC(NC(=O)OCC2c3ccccc3-c3ccccc32)(C(=O)NOCC(=O)O)C1(C)C. The monoisotopic (exact) mass is 482 g/mol. The average Bonchev–Trinajstić information content (AvgIpc) is 3.15. The van der Waals surface area contributed by atoms with Gasteiger partial charge in [0.25, 0.3) is 5.91 Å². The molecule has 0 spiro atoms. The number of alkyl carbamates (subject to hydrolysis) is 1. The molecule has 35 heavy (non-hydrogen) atoms. The Balaban J connectivity index is 1.48. The van der Waals surface area contributed by atoms with Crippen LogP contribution in [0.4, 0.5) is 4.79 Å². The van der Waals surface area contributed by atoms with Crippen LogP contribution in [-0.4, -0.2) is 54.5 Å². The van der Waals surface area contributed by atoms with Crippen molar-refractivity contribution in [2.45, 2.75) is 44.8 Å². The van der Waals surface area contributed by atoms with Crippen LogP contribution in [0.3, 0.4) is 0 Å². The van der Waals surface area contributed by atoms with E-state index in [9.17, 15) is 14.4 Å². The Morgan fingerprint density at radius 2 is 1.63 bits per heavy atom. The van der Waals surface area contributed by atoms with Crippen molar-refractivity contribution in [3.63, 3.8) is 0 Å². The lowest BCUT2D eigenvalue weighted by atomic mass is 9.53. The van der Waals surface area contributed by atoms with E-state index < -0.39 is 35.5 Å². The van der Waals surface area contributed by atoms with Crippen molar-refractivity contribution in [1.82, 2.24) is 10.8 Å². The van der Waals surface area contributed by atoms with E-state index in [4.69, 9.17) is 19.4 Å². The van der Waals surface area contributed by atoms with E-state index >= 15 is 0 Å². The van der Waals surface area contributed by atoms with Gasteiger partial charge in [0.15, 0.2) is 6.61 Å². The van der Waals surface area contributed by atoms with E-state index in [1.807, 2.05) is 43.3 Å². The number of benzene rings is 2. The summed E-state index contributed by atoms with van der Waals surface area (Å²) in [7, 11) is 0. The average molecular weight is 483 g/mol. The second-order valence-corrected chi connectivity index (χ2v) is 9.34. The van der Waals surface area contributed by atoms with Crippen molar-refractivity contribution in [1.29, 1.82) is 0 Å². The van der Waals surface area contributed by atoms with Gasteiger partial charge in [-0.15, -0.1) is 0 Å². The van der Waals surface area contributed by atoms with E-state index in [2.05, 4.69) is 22.9 Å². The van der Waals surface area contributed by atoms with Gasteiger partial charge in [0, 0.05) is 24.4 Å². The highest BCUT2D eigenvalue weighted by atomic mass is 16.7. The molecule has 0 radical (unpaired) electrons. The molecule has 2 amide bonds. The summed E-state index contributed by atoms with van der Waals surface area (Å²) in [6.45, 7) is 5.30. The largest absolute Gasteiger partial charge is 0.479 e. The predicted octanol–water partition coefficient (Wildman–Crippen LogP) is 3.23. The minimum Gasteiger partial charge on any atom is -0.479 e. The molecule has 2 unspecified atom stereocenters. The Bertz CT molecular complexity index is 1090. The third-order valence-electron chi connectivity index (χ3n) is 7.17. The zero-order valence-electron chi connectivity index (χ0n) is 20.0. The number of hydrogen-bond donors (Lipinski definition) is 3. The van der Waals surface area contributed by atoms with Crippen LogP contribution in [0.15, 0.2) is 48.5 Å². The molecule has 0 bridgehead atoms. The summed E-state index contributed by atoms with van der Waals surface area (Å²) in [6.07, 6.45) is -0.838. The number of carbonyl (C=O) groups excluding carboxylic acids is 2. The molecule has 3 N–H and O–H groups in total. The molecule has 2 aromatic carbocycles. The van der Waals surface area contributed by atoms with Crippen molar-refractivity contribution in [2.24, 2.45) is 5.41 Å². The third-order valence-corrected chi connectivity index (χ3v) is 7.17. The van der Waals surface area contributed by atoms with Crippen molar-refractivity contribution < 1.29 is 33.8 Å². The lowest BCUT2D eigenvalue weighted by Gasteiger charge is -2.58. The van der Waals surface area contributed by atoms with E-state index in [0.29, 0.717) is 6.61 Å². The fourth-order valence-electron chi connectivity index (χ4n) is 5.12. The van der Waals surface area contributed by atoms with Gasteiger partial charge in [0.05, 0.1) is 6.10 Å². The molecule has 2 aromatic rings. The number of rotatable bonds is 9. The Labute approximate surface area is 203 Å². The van der Waals surface area contributed by atoms with Crippen LogP contribution in [-0.2, 0) is 23.9 Å². The molecule has 1 saturated carbocycles. The second-order valence-electron chi connectivity index (χ2n) is 9.34. The lowest BCUT2D eigenvalue weighted by Crippen LogP contribution is -2.78. The number of ether oxygens (including phenoxy) is 2.